The zero-order valence-corrected chi connectivity index (χ0v) is 18.2. The van der Waals surface area contributed by atoms with Crippen LogP contribution in [0.4, 0.5) is 10.2 Å². The van der Waals surface area contributed by atoms with E-state index in [4.69, 9.17) is 0 Å². The van der Waals surface area contributed by atoms with Crippen molar-refractivity contribution in [3.8, 4) is 0 Å². The molecule has 2 heterocycles. The molecule has 1 aromatic heterocycles. The maximum Gasteiger partial charge on any atom is 0.191 e. The highest BCUT2D eigenvalue weighted by molar-refractivity contribution is 14.0. The highest BCUT2D eigenvalue weighted by Crippen LogP contribution is 2.17. The second kappa shape index (κ2) is 10.4. The van der Waals surface area contributed by atoms with Gasteiger partial charge < -0.3 is 15.5 Å². The molecule has 0 aliphatic carbocycles. The second-order valence-electron chi connectivity index (χ2n) is 6.58. The molecular weight excluding hydrogens is 456 g/mol. The summed E-state index contributed by atoms with van der Waals surface area (Å²) in [7, 11) is 1.72. The van der Waals surface area contributed by atoms with Crippen LogP contribution in [0.25, 0.3) is 0 Å². The molecule has 27 heavy (non-hydrogen) atoms. The summed E-state index contributed by atoms with van der Waals surface area (Å²) in [6.45, 7) is 5.11. The van der Waals surface area contributed by atoms with Crippen LogP contribution < -0.4 is 15.5 Å². The first-order valence-electron chi connectivity index (χ1n) is 9.05. The van der Waals surface area contributed by atoms with Crippen molar-refractivity contribution in [2.45, 2.75) is 32.9 Å². The number of rotatable bonds is 5. The van der Waals surface area contributed by atoms with Crippen LogP contribution in [-0.2, 0) is 13.1 Å². The topological polar surface area (TPSA) is 52.6 Å². The number of nitrogens with one attached hydrogen (secondary N) is 2. The smallest absolute Gasteiger partial charge is 0.191 e. The molecule has 0 bridgehead atoms. The summed E-state index contributed by atoms with van der Waals surface area (Å²) in [5, 5.41) is 6.46. The molecule has 0 radical (unpaired) electrons. The number of guanidine groups is 1. The van der Waals surface area contributed by atoms with Gasteiger partial charge in [0.2, 0.25) is 0 Å². The van der Waals surface area contributed by atoms with Gasteiger partial charge in [-0.2, -0.15) is 0 Å². The van der Waals surface area contributed by atoms with E-state index in [2.05, 4.69) is 37.6 Å². The lowest BCUT2D eigenvalue weighted by Gasteiger charge is -2.16. The van der Waals surface area contributed by atoms with Crippen molar-refractivity contribution in [1.29, 1.82) is 0 Å². The van der Waals surface area contributed by atoms with Gasteiger partial charge in [0, 0.05) is 39.4 Å². The van der Waals surface area contributed by atoms with Crippen molar-refractivity contribution in [2.24, 2.45) is 4.99 Å². The van der Waals surface area contributed by atoms with Gasteiger partial charge in [0.1, 0.15) is 11.6 Å². The highest BCUT2D eigenvalue weighted by atomic mass is 127. The predicted octanol–water partition coefficient (Wildman–Crippen LogP) is 3.61. The number of halogens is 2. The van der Waals surface area contributed by atoms with E-state index in [0.717, 1.165) is 30.0 Å². The fourth-order valence-corrected chi connectivity index (χ4v) is 2.99. The third-order valence-electron chi connectivity index (χ3n) is 4.62. The molecule has 1 aliphatic heterocycles. The second-order valence-corrected chi connectivity index (χ2v) is 6.58. The van der Waals surface area contributed by atoms with Gasteiger partial charge in [0.15, 0.2) is 5.96 Å². The van der Waals surface area contributed by atoms with Crippen LogP contribution in [0.2, 0.25) is 0 Å². The van der Waals surface area contributed by atoms with Gasteiger partial charge in [0.25, 0.3) is 0 Å². The molecule has 0 spiro atoms. The fraction of sp³-hybridized carbons (Fsp3) is 0.400. The summed E-state index contributed by atoms with van der Waals surface area (Å²) in [6.07, 6.45) is 4.40. The molecule has 5 nitrogen and oxygen atoms in total. The minimum atomic E-state index is -0.184. The molecular formula is C20H27FIN5. The van der Waals surface area contributed by atoms with Gasteiger partial charge >= 0.3 is 0 Å². The zero-order chi connectivity index (χ0) is 18.4. The monoisotopic (exact) mass is 483 g/mol. The normalized spacial score (nSPS) is 14.0. The maximum absolute atomic E-state index is 13.6. The van der Waals surface area contributed by atoms with Crippen LogP contribution >= 0.6 is 24.0 Å². The Hall–Kier alpha value is -1.90. The first kappa shape index (κ1) is 21.4. The molecule has 0 unspecified atom stereocenters. The first-order chi connectivity index (χ1) is 12.7. The van der Waals surface area contributed by atoms with Gasteiger partial charge in [-0.25, -0.2) is 9.37 Å². The van der Waals surface area contributed by atoms with Crippen LogP contribution in [0.1, 0.15) is 29.5 Å². The van der Waals surface area contributed by atoms with Crippen molar-refractivity contribution >= 4 is 35.8 Å². The van der Waals surface area contributed by atoms with Crippen molar-refractivity contribution in [1.82, 2.24) is 15.6 Å². The summed E-state index contributed by atoms with van der Waals surface area (Å²) >= 11 is 0. The van der Waals surface area contributed by atoms with E-state index in [-0.39, 0.29) is 29.8 Å². The van der Waals surface area contributed by atoms with E-state index in [9.17, 15) is 4.39 Å². The fourth-order valence-electron chi connectivity index (χ4n) is 2.99. The number of hydrogen-bond donors (Lipinski definition) is 2. The Morgan fingerprint density at radius 3 is 2.37 bits per heavy atom. The van der Waals surface area contributed by atoms with Crippen LogP contribution in [0, 0.1) is 12.7 Å². The van der Waals surface area contributed by atoms with Crippen molar-refractivity contribution in [3.63, 3.8) is 0 Å². The average Bonchev–Trinajstić information content (AvgIpc) is 3.20. The third-order valence-corrected chi connectivity index (χ3v) is 4.62. The minimum absolute atomic E-state index is 0. The van der Waals surface area contributed by atoms with Gasteiger partial charge in [-0.3, -0.25) is 4.99 Å². The summed E-state index contributed by atoms with van der Waals surface area (Å²) in [5.41, 5.74) is 2.63. The summed E-state index contributed by atoms with van der Waals surface area (Å²) in [6, 6.07) is 9.43. The Balaban J connectivity index is 0.00000261. The van der Waals surface area contributed by atoms with E-state index in [1.807, 2.05) is 12.3 Å². The van der Waals surface area contributed by atoms with Crippen LogP contribution in [0.15, 0.2) is 41.5 Å². The van der Waals surface area contributed by atoms with E-state index in [1.165, 1.54) is 12.8 Å². The first-order valence-corrected chi connectivity index (χ1v) is 9.05. The van der Waals surface area contributed by atoms with Gasteiger partial charge in [-0.05, 0) is 48.6 Å². The molecule has 1 aliphatic rings. The summed E-state index contributed by atoms with van der Waals surface area (Å²) in [5.74, 6) is 1.54. The number of hydrogen-bond acceptors (Lipinski definition) is 3. The Kier molecular flexibility index (Phi) is 8.27. The number of benzene rings is 1. The highest BCUT2D eigenvalue weighted by Gasteiger charge is 2.12. The molecule has 1 aromatic carbocycles. The number of nitrogens with zero attached hydrogens (tertiary/aromatic N) is 3. The molecule has 0 saturated carbocycles. The number of aromatic nitrogens is 1. The number of aryl methyl sites for hydroxylation is 1. The molecule has 2 aromatic rings. The standard InChI is InChI=1S/C20H26FN5.HI/c1-15-5-6-16(11-18(15)21)12-24-20(22-2)25-14-17-7-8-19(23-13-17)26-9-3-4-10-26;/h5-8,11,13H,3-4,9-10,12,14H2,1-2H3,(H2,22,24,25);1H. The molecule has 0 atom stereocenters. The van der Waals surface area contributed by atoms with Crippen LogP contribution in [-0.4, -0.2) is 31.1 Å². The van der Waals surface area contributed by atoms with Gasteiger partial charge in [0.05, 0.1) is 0 Å². The number of pyridine rings is 1. The van der Waals surface area contributed by atoms with E-state index in [1.54, 1.807) is 26.1 Å². The summed E-state index contributed by atoms with van der Waals surface area (Å²) in [4.78, 5) is 11.1. The number of aliphatic imine (C=N–C) groups is 1. The Morgan fingerprint density at radius 1 is 1.11 bits per heavy atom. The van der Waals surface area contributed by atoms with Gasteiger partial charge in [-0.15, -0.1) is 24.0 Å². The quantitative estimate of drug-likeness (QED) is 0.388. The van der Waals surface area contributed by atoms with Crippen molar-refractivity contribution in [3.05, 3.63) is 59.0 Å². The minimum Gasteiger partial charge on any atom is -0.357 e. The van der Waals surface area contributed by atoms with E-state index in [0.29, 0.717) is 24.6 Å². The third kappa shape index (κ3) is 6.05. The SMILES string of the molecule is CN=C(NCc1ccc(N2CCCC2)nc1)NCc1ccc(C)c(F)c1.I. The van der Waals surface area contributed by atoms with Crippen LogP contribution in [0.3, 0.4) is 0 Å². The molecule has 0 amide bonds. The molecule has 2 N–H and O–H groups in total. The Morgan fingerprint density at radius 2 is 1.78 bits per heavy atom. The molecule has 1 fully saturated rings. The van der Waals surface area contributed by atoms with Crippen molar-refractivity contribution < 1.29 is 4.39 Å². The lowest BCUT2D eigenvalue weighted by Crippen LogP contribution is -2.36. The average molecular weight is 483 g/mol. The maximum atomic E-state index is 13.6. The molecule has 146 valence electrons. The van der Waals surface area contributed by atoms with Crippen molar-refractivity contribution in [2.75, 3.05) is 25.0 Å². The predicted molar refractivity (Wildman–Crippen MR) is 119 cm³/mol. The summed E-state index contributed by atoms with van der Waals surface area (Å²) < 4.78 is 13.6. The largest absolute Gasteiger partial charge is 0.357 e. The molecule has 3 rings (SSSR count). The molecule has 1 saturated heterocycles. The Bertz CT molecular complexity index is 757. The lowest BCUT2D eigenvalue weighted by molar-refractivity contribution is 0.615. The Labute approximate surface area is 177 Å². The van der Waals surface area contributed by atoms with E-state index >= 15 is 0 Å². The van der Waals surface area contributed by atoms with E-state index < -0.39 is 0 Å². The zero-order valence-electron chi connectivity index (χ0n) is 15.8. The molecule has 7 heteroatoms. The number of anilines is 1. The van der Waals surface area contributed by atoms with Gasteiger partial charge in [-0.1, -0.05) is 18.2 Å². The van der Waals surface area contributed by atoms with Crippen LogP contribution in [0.5, 0.6) is 0 Å². The lowest BCUT2D eigenvalue weighted by atomic mass is 10.1.